The van der Waals surface area contributed by atoms with Crippen LogP contribution in [0, 0.1) is 0 Å². The number of aryl methyl sites for hydroxylation is 2. The molecule has 1 heterocycles. The summed E-state index contributed by atoms with van der Waals surface area (Å²) in [5.74, 6) is -1.04. The number of nitrogens with zero attached hydrogens (tertiary/aromatic N) is 2. The predicted molar refractivity (Wildman–Crippen MR) is 158 cm³/mol. The summed E-state index contributed by atoms with van der Waals surface area (Å²) in [7, 11) is 0. The molecule has 1 atom stereocenters. The molecule has 1 aliphatic carbocycles. The molecular formula is C34H38N2O3. The first kappa shape index (κ1) is 26.7. The number of hydrogen-bond acceptors (Lipinski definition) is 4. The largest absolute Gasteiger partial charge is 0.507 e. The van der Waals surface area contributed by atoms with E-state index in [-0.39, 0.29) is 11.3 Å². The van der Waals surface area contributed by atoms with Crippen LogP contribution in [0.3, 0.4) is 0 Å². The number of rotatable bonds is 7. The quantitative estimate of drug-likeness (QED) is 0.203. The van der Waals surface area contributed by atoms with Crippen LogP contribution in [-0.4, -0.2) is 29.9 Å². The Morgan fingerprint density at radius 3 is 2.15 bits per heavy atom. The van der Waals surface area contributed by atoms with Gasteiger partial charge in [-0.05, 0) is 98.0 Å². The molecule has 202 valence electrons. The van der Waals surface area contributed by atoms with Crippen molar-refractivity contribution < 1.29 is 14.7 Å². The van der Waals surface area contributed by atoms with Crippen molar-refractivity contribution in [3.8, 4) is 0 Å². The molecule has 1 aliphatic heterocycles. The second-order valence-corrected chi connectivity index (χ2v) is 10.9. The fourth-order valence-corrected chi connectivity index (χ4v) is 5.93. The van der Waals surface area contributed by atoms with Crippen LogP contribution in [-0.2, 0) is 22.4 Å². The van der Waals surface area contributed by atoms with E-state index < -0.39 is 17.7 Å². The van der Waals surface area contributed by atoms with E-state index in [9.17, 15) is 14.7 Å². The van der Waals surface area contributed by atoms with E-state index in [0.717, 1.165) is 49.2 Å². The number of Topliss-reactive ketones (excluding diaryl/α,β-unsaturated/α-hetero) is 1. The highest BCUT2D eigenvalue weighted by Crippen LogP contribution is 2.43. The third-order valence-corrected chi connectivity index (χ3v) is 8.24. The van der Waals surface area contributed by atoms with Crippen LogP contribution >= 0.6 is 0 Å². The van der Waals surface area contributed by atoms with Crippen LogP contribution in [0.1, 0.15) is 80.3 Å². The Hall–Kier alpha value is -3.86. The van der Waals surface area contributed by atoms with Gasteiger partial charge >= 0.3 is 0 Å². The maximum Gasteiger partial charge on any atom is 0.300 e. The zero-order valence-corrected chi connectivity index (χ0v) is 23.4. The van der Waals surface area contributed by atoms with Gasteiger partial charge in [-0.3, -0.25) is 14.5 Å². The zero-order valence-electron chi connectivity index (χ0n) is 23.4. The summed E-state index contributed by atoms with van der Waals surface area (Å²) in [5.41, 5.74) is 6.91. The minimum atomic E-state index is -0.725. The summed E-state index contributed by atoms with van der Waals surface area (Å²) in [6.07, 6.45) is 4.28. The van der Waals surface area contributed by atoms with Gasteiger partial charge in [-0.2, -0.15) is 0 Å². The predicted octanol–water partition coefficient (Wildman–Crippen LogP) is 7.16. The van der Waals surface area contributed by atoms with Crippen LogP contribution in [0.5, 0.6) is 0 Å². The molecule has 3 aromatic rings. The summed E-state index contributed by atoms with van der Waals surface area (Å²) in [6.45, 7) is 10.2. The fraction of sp³-hybridized carbons (Fsp3) is 0.353. The minimum absolute atomic E-state index is 0.110. The average Bonchev–Trinajstić information content (AvgIpc) is 3.23. The molecule has 1 N–H and O–H groups in total. The van der Waals surface area contributed by atoms with Gasteiger partial charge in [0.2, 0.25) is 0 Å². The number of carbonyl (C=O) groups is 2. The molecule has 5 heteroatoms. The van der Waals surface area contributed by atoms with E-state index in [2.05, 4.69) is 38.7 Å². The van der Waals surface area contributed by atoms with Gasteiger partial charge in [0, 0.05) is 30.0 Å². The fourth-order valence-electron chi connectivity index (χ4n) is 5.93. The zero-order chi connectivity index (χ0) is 27.7. The van der Waals surface area contributed by atoms with E-state index >= 15 is 0 Å². The van der Waals surface area contributed by atoms with Crippen molar-refractivity contribution in [1.82, 2.24) is 0 Å². The highest BCUT2D eigenvalue weighted by Gasteiger charge is 2.47. The van der Waals surface area contributed by atoms with Crippen molar-refractivity contribution in [3.63, 3.8) is 0 Å². The van der Waals surface area contributed by atoms with Crippen LogP contribution in [0.4, 0.5) is 11.4 Å². The Morgan fingerprint density at radius 1 is 0.897 bits per heavy atom. The monoisotopic (exact) mass is 522 g/mol. The van der Waals surface area contributed by atoms with Crippen molar-refractivity contribution in [1.29, 1.82) is 0 Å². The first-order chi connectivity index (χ1) is 18.8. The third kappa shape index (κ3) is 4.98. The van der Waals surface area contributed by atoms with Crippen molar-refractivity contribution in [2.75, 3.05) is 22.9 Å². The van der Waals surface area contributed by atoms with Crippen molar-refractivity contribution in [2.24, 2.45) is 0 Å². The van der Waals surface area contributed by atoms with Gasteiger partial charge < -0.3 is 10.0 Å². The Morgan fingerprint density at radius 2 is 1.54 bits per heavy atom. The molecule has 0 radical (unpaired) electrons. The minimum Gasteiger partial charge on any atom is -0.507 e. The molecular weight excluding hydrogens is 484 g/mol. The summed E-state index contributed by atoms with van der Waals surface area (Å²) < 4.78 is 0. The van der Waals surface area contributed by atoms with E-state index in [1.807, 2.05) is 60.7 Å². The van der Waals surface area contributed by atoms with Gasteiger partial charge in [0.15, 0.2) is 0 Å². The number of benzene rings is 3. The number of carbonyl (C=O) groups excluding carboxylic acids is 2. The van der Waals surface area contributed by atoms with Gasteiger partial charge in [0.25, 0.3) is 11.7 Å². The first-order valence-electron chi connectivity index (χ1n) is 14.2. The van der Waals surface area contributed by atoms with Gasteiger partial charge in [-0.1, -0.05) is 50.2 Å². The Kier molecular flexibility index (Phi) is 7.60. The number of aliphatic hydroxyl groups excluding tert-OH is 1. The second-order valence-electron chi connectivity index (χ2n) is 10.9. The molecule has 0 aromatic heterocycles. The molecule has 5 nitrogen and oxygen atoms in total. The molecule has 1 saturated heterocycles. The molecule has 0 saturated carbocycles. The topological polar surface area (TPSA) is 60.9 Å². The van der Waals surface area contributed by atoms with E-state index in [1.54, 1.807) is 4.90 Å². The van der Waals surface area contributed by atoms with Crippen LogP contribution in [0.2, 0.25) is 0 Å². The van der Waals surface area contributed by atoms with Crippen LogP contribution in [0.15, 0.2) is 72.3 Å². The second kappa shape index (κ2) is 11.1. The van der Waals surface area contributed by atoms with E-state index in [1.165, 1.54) is 17.5 Å². The van der Waals surface area contributed by atoms with E-state index in [0.29, 0.717) is 17.2 Å². The summed E-state index contributed by atoms with van der Waals surface area (Å²) in [6, 6.07) is 21.0. The number of aliphatic hydroxyl groups is 1. The average molecular weight is 523 g/mol. The van der Waals surface area contributed by atoms with Crippen molar-refractivity contribution in [3.05, 3.63) is 100 Å². The van der Waals surface area contributed by atoms with Crippen LogP contribution in [0.25, 0.3) is 5.76 Å². The maximum absolute atomic E-state index is 13.6. The lowest BCUT2D eigenvalue weighted by atomic mass is 9.88. The molecule has 0 spiro atoms. The van der Waals surface area contributed by atoms with Crippen molar-refractivity contribution >= 4 is 28.8 Å². The first-order valence-corrected chi connectivity index (χ1v) is 14.2. The molecule has 2 aliphatic rings. The normalized spacial score (nSPS) is 18.5. The molecule has 1 fully saturated rings. The number of ketones is 1. The highest BCUT2D eigenvalue weighted by atomic mass is 16.3. The number of fused-ring (bicyclic) bond motifs is 1. The number of amides is 1. The molecule has 39 heavy (non-hydrogen) atoms. The standard InChI is InChI=1S/C34H38N2O3/c1-5-35(6-2)28-17-15-25(16-18-28)31-30(32(37)27-12-11-24-9-7-8-10-26(24)21-27)33(38)34(39)36(31)29-19-13-23(14-20-29)22(3)4/h11-22,31,37H,5-10H2,1-4H3/b32-30-. The molecule has 0 bridgehead atoms. The van der Waals surface area contributed by atoms with Gasteiger partial charge in [0.1, 0.15) is 5.76 Å². The molecule has 1 amide bonds. The third-order valence-electron chi connectivity index (χ3n) is 8.24. The molecule has 3 aromatic carbocycles. The van der Waals surface area contributed by atoms with Gasteiger partial charge in [-0.25, -0.2) is 0 Å². The van der Waals surface area contributed by atoms with Gasteiger partial charge in [-0.15, -0.1) is 0 Å². The van der Waals surface area contributed by atoms with Crippen LogP contribution < -0.4 is 9.80 Å². The summed E-state index contributed by atoms with van der Waals surface area (Å²) in [5, 5.41) is 11.6. The lowest BCUT2D eigenvalue weighted by molar-refractivity contribution is -0.132. The summed E-state index contributed by atoms with van der Waals surface area (Å²) in [4.78, 5) is 31.0. The SMILES string of the molecule is CCN(CC)c1ccc(C2/C(=C(/O)c3ccc4c(c3)CCCC4)C(=O)C(=O)N2c2ccc(C(C)C)cc2)cc1. The highest BCUT2D eigenvalue weighted by molar-refractivity contribution is 6.51. The summed E-state index contributed by atoms with van der Waals surface area (Å²) >= 11 is 0. The molecule has 1 unspecified atom stereocenters. The van der Waals surface area contributed by atoms with E-state index in [4.69, 9.17) is 0 Å². The lowest BCUT2D eigenvalue weighted by Gasteiger charge is -2.27. The lowest BCUT2D eigenvalue weighted by Crippen LogP contribution is -2.29. The Balaban J connectivity index is 1.64. The number of hydrogen-bond donors (Lipinski definition) is 1. The Bertz CT molecular complexity index is 1400. The molecule has 5 rings (SSSR count). The smallest absolute Gasteiger partial charge is 0.300 e. The van der Waals surface area contributed by atoms with Crippen molar-refractivity contribution in [2.45, 2.75) is 65.3 Å². The Labute approximate surface area is 231 Å². The maximum atomic E-state index is 13.6. The van der Waals surface area contributed by atoms with Gasteiger partial charge in [0.05, 0.1) is 11.6 Å². The number of anilines is 2.